The van der Waals surface area contributed by atoms with Crippen LogP contribution < -0.4 is 14.8 Å². The van der Waals surface area contributed by atoms with Crippen LogP contribution >= 0.6 is 34.8 Å². The third-order valence-electron chi connectivity index (χ3n) is 3.74. The number of hydrogen-bond acceptors (Lipinski definition) is 4. The highest BCUT2D eigenvalue weighted by Gasteiger charge is 2.14. The van der Waals surface area contributed by atoms with Crippen molar-refractivity contribution in [3.63, 3.8) is 0 Å². The van der Waals surface area contributed by atoms with E-state index < -0.39 is 0 Å². The molecule has 0 fully saturated rings. The number of ether oxygens (including phenoxy) is 3. The number of rotatable bonds is 10. The molecule has 0 bridgehead atoms. The minimum atomic E-state index is 0.198. The van der Waals surface area contributed by atoms with Crippen molar-refractivity contribution >= 4 is 34.8 Å². The molecule has 0 aliphatic heterocycles. The maximum atomic E-state index is 6.40. The van der Waals surface area contributed by atoms with Gasteiger partial charge in [-0.15, -0.1) is 0 Å². The van der Waals surface area contributed by atoms with Crippen LogP contribution in [0.4, 0.5) is 0 Å². The maximum Gasteiger partial charge on any atom is 0.180 e. The zero-order valence-electron chi connectivity index (χ0n) is 14.8. The van der Waals surface area contributed by atoms with E-state index in [0.29, 0.717) is 38.7 Å². The van der Waals surface area contributed by atoms with Crippen molar-refractivity contribution < 1.29 is 14.2 Å². The summed E-state index contributed by atoms with van der Waals surface area (Å²) in [5.74, 6) is 1.03. The zero-order valence-corrected chi connectivity index (χ0v) is 17.0. The van der Waals surface area contributed by atoms with E-state index in [0.717, 1.165) is 25.1 Å². The van der Waals surface area contributed by atoms with Gasteiger partial charge in [-0.2, -0.15) is 0 Å². The highest BCUT2D eigenvalue weighted by atomic mass is 35.5. The lowest BCUT2D eigenvalue weighted by Crippen LogP contribution is -2.16. The van der Waals surface area contributed by atoms with Gasteiger partial charge in [-0.25, -0.2) is 0 Å². The number of hydrogen-bond donors (Lipinski definition) is 1. The lowest BCUT2D eigenvalue weighted by Gasteiger charge is -2.15. The summed E-state index contributed by atoms with van der Waals surface area (Å²) in [6, 6.07) is 9.08. The first-order valence-electron chi connectivity index (χ1n) is 8.18. The van der Waals surface area contributed by atoms with Gasteiger partial charge in [-0.3, -0.25) is 0 Å². The Balaban J connectivity index is 2.06. The summed E-state index contributed by atoms with van der Waals surface area (Å²) in [5.41, 5.74) is 1.71. The molecule has 0 unspecified atom stereocenters. The number of halogens is 3. The van der Waals surface area contributed by atoms with Crippen LogP contribution in [0, 0.1) is 0 Å². The summed E-state index contributed by atoms with van der Waals surface area (Å²) in [6.45, 7) is 2.46. The average Bonchev–Trinajstić information content (AvgIpc) is 2.62. The first-order chi connectivity index (χ1) is 12.6. The molecule has 4 nitrogen and oxygen atoms in total. The molecule has 0 aliphatic rings. The molecule has 7 heteroatoms. The van der Waals surface area contributed by atoms with Gasteiger partial charge < -0.3 is 19.5 Å². The van der Waals surface area contributed by atoms with Crippen molar-refractivity contribution in [2.75, 3.05) is 27.4 Å². The van der Waals surface area contributed by atoms with Crippen LogP contribution in [0.25, 0.3) is 0 Å². The minimum absolute atomic E-state index is 0.198. The Kier molecular flexibility index (Phi) is 8.82. The molecule has 2 aromatic rings. The predicted molar refractivity (Wildman–Crippen MR) is 107 cm³/mol. The fraction of sp³-hybridized carbons (Fsp3) is 0.368. The van der Waals surface area contributed by atoms with Gasteiger partial charge in [0, 0.05) is 35.9 Å². The summed E-state index contributed by atoms with van der Waals surface area (Å²) in [7, 11) is 3.27. The zero-order chi connectivity index (χ0) is 18.9. The van der Waals surface area contributed by atoms with Crippen molar-refractivity contribution in [3.05, 3.63) is 56.5 Å². The van der Waals surface area contributed by atoms with Gasteiger partial charge >= 0.3 is 0 Å². The Morgan fingerprint density at radius 1 is 1.00 bits per heavy atom. The van der Waals surface area contributed by atoms with E-state index in [2.05, 4.69) is 5.32 Å². The third kappa shape index (κ3) is 5.93. The number of nitrogens with one attached hydrogen (secondary N) is 1. The van der Waals surface area contributed by atoms with Crippen molar-refractivity contribution in [3.8, 4) is 11.5 Å². The van der Waals surface area contributed by atoms with Crippen molar-refractivity contribution in [2.45, 2.75) is 19.6 Å². The van der Waals surface area contributed by atoms with Gasteiger partial charge in [-0.05, 0) is 42.8 Å². The van der Waals surface area contributed by atoms with Crippen molar-refractivity contribution in [2.24, 2.45) is 0 Å². The molecule has 0 radical (unpaired) electrons. The number of methoxy groups -OCH3 is 2. The SMILES string of the molecule is COCCCNCc1cc(Cl)c(OCc2c(Cl)cccc2Cl)c(OC)c1. The first-order valence-corrected chi connectivity index (χ1v) is 9.32. The standard InChI is InChI=1S/C19H22Cl3NO3/c1-24-8-4-7-23-11-13-9-17(22)19(18(10-13)25-2)26-12-14-15(20)5-3-6-16(14)21/h3,5-6,9-10,23H,4,7-8,11-12H2,1-2H3. The maximum absolute atomic E-state index is 6.40. The van der Waals surface area contributed by atoms with Gasteiger partial charge in [0.25, 0.3) is 0 Å². The van der Waals surface area contributed by atoms with Crippen LogP contribution in [-0.4, -0.2) is 27.4 Å². The summed E-state index contributed by atoms with van der Waals surface area (Å²) in [5, 5.41) is 4.90. The second-order valence-corrected chi connectivity index (χ2v) is 6.84. The summed E-state index contributed by atoms with van der Waals surface area (Å²) in [6.07, 6.45) is 0.946. The molecular weight excluding hydrogens is 397 g/mol. The van der Waals surface area contributed by atoms with Crippen LogP contribution in [0.15, 0.2) is 30.3 Å². The highest BCUT2D eigenvalue weighted by Crippen LogP contribution is 2.38. The highest BCUT2D eigenvalue weighted by molar-refractivity contribution is 6.36. The third-order valence-corrected chi connectivity index (χ3v) is 4.73. The second-order valence-electron chi connectivity index (χ2n) is 5.62. The molecule has 0 amide bonds. The smallest absolute Gasteiger partial charge is 0.180 e. The lowest BCUT2D eigenvalue weighted by atomic mass is 10.2. The molecule has 0 aromatic heterocycles. The molecule has 0 spiro atoms. The number of benzene rings is 2. The summed E-state index contributed by atoms with van der Waals surface area (Å²) >= 11 is 18.8. The van der Waals surface area contributed by atoms with Gasteiger partial charge in [0.15, 0.2) is 11.5 Å². The van der Waals surface area contributed by atoms with Gasteiger partial charge in [0.05, 0.1) is 12.1 Å². The molecule has 0 saturated carbocycles. The topological polar surface area (TPSA) is 39.7 Å². The van der Waals surface area contributed by atoms with Gasteiger partial charge in [-0.1, -0.05) is 40.9 Å². The predicted octanol–water partition coefficient (Wildman–Crippen LogP) is 5.36. The fourth-order valence-electron chi connectivity index (χ4n) is 2.40. The average molecular weight is 419 g/mol. The largest absolute Gasteiger partial charge is 0.493 e. The van der Waals surface area contributed by atoms with E-state index >= 15 is 0 Å². The van der Waals surface area contributed by atoms with Crippen LogP contribution in [0.3, 0.4) is 0 Å². The Bertz CT molecular complexity index is 705. The second kappa shape index (κ2) is 10.9. The quantitative estimate of drug-likeness (QED) is 0.527. The first kappa shape index (κ1) is 21.1. The molecule has 26 heavy (non-hydrogen) atoms. The molecule has 1 N–H and O–H groups in total. The van der Waals surface area contributed by atoms with Gasteiger partial charge in [0.2, 0.25) is 0 Å². The van der Waals surface area contributed by atoms with E-state index in [1.807, 2.05) is 12.1 Å². The van der Waals surface area contributed by atoms with E-state index in [4.69, 9.17) is 49.0 Å². The monoisotopic (exact) mass is 417 g/mol. The normalized spacial score (nSPS) is 10.8. The molecular formula is C19H22Cl3NO3. The van der Waals surface area contributed by atoms with E-state index in [1.165, 1.54) is 0 Å². The molecule has 142 valence electrons. The van der Waals surface area contributed by atoms with Crippen LogP contribution in [0.5, 0.6) is 11.5 Å². The Hall–Kier alpha value is -1.17. The van der Waals surface area contributed by atoms with E-state index in [9.17, 15) is 0 Å². The van der Waals surface area contributed by atoms with Gasteiger partial charge in [0.1, 0.15) is 6.61 Å². The molecule has 0 atom stereocenters. The van der Waals surface area contributed by atoms with E-state index in [-0.39, 0.29) is 6.61 Å². The van der Waals surface area contributed by atoms with Crippen molar-refractivity contribution in [1.82, 2.24) is 5.32 Å². The molecule has 2 rings (SSSR count). The van der Waals surface area contributed by atoms with Crippen molar-refractivity contribution in [1.29, 1.82) is 0 Å². The minimum Gasteiger partial charge on any atom is -0.493 e. The Morgan fingerprint density at radius 3 is 2.38 bits per heavy atom. The molecule has 0 aliphatic carbocycles. The Labute approximate surface area is 169 Å². The van der Waals surface area contributed by atoms with Crippen LogP contribution in [0.2, 0.25) is 15.1 Å². The van der Waals surface area contributed by atoms with E-state index in [1.54, 1.807) is 32.4 Å². The molecule has 0 heterocycles. The fourth-order valence-corrected chi connectivity index (χ4v) is 3.20. The Morgan fingerprint density at radius 2 is 1.73 bits per heavy atom. The molecule has 2 aromatic carbocycles. The van der Waals surface area contributed by atoms with Crippen LogP contribution in [0.1, 0.15) is 17.5 Å². The summed E-state index contributed by atoms with van der Waals surface area (Å²) < 4.78 is 16.3. The molecule has 0 saturated heterocycles. The lowest BCUT2D eigenvalue weighted by molar-refractivity contribution is 0.194. The summed E-state index contributed by atoms with van der Waals surface area (Å²) in [4.78, 5) is 0. The van der Waals surface area contributed by atoms with Crippen LogP contribution in [-0.2, 0) is 17.9 Å².